The van der Waals surface area contributed by atoms with Crippen molar-refractivity contribution in [1.29, 1.82) is 0 Å². The van der Waals surface area contributed by atoms with Crippen LogP contribution in [0.3, 0.4) is 0 Å². The first-order valence-electron chi connectivity index (χ1n) is 8.53. The molecule has 26 heavy (non-hydrogen) atoms. The molecule has 0 aliphatic carbocycles. The standard InChI is InChI=1S/C19H20BrN3O3/c20-17-6-1-4-15(12-17)14-21-8-3-9-22(11-10-21)19(24)16-5-2-7-18(13-16)23(25)26/h1-2,4-7,12-13H,3,8-11,14H2. The third kappa shape index (κ3) is 4.68. The fourth-order valence-corrected chi connectivity index (χ4v) is 3.61. The number of benzene rings is 2. The van der Waals surface area contributed by atoms with Crippen LogP contribution in [-0.2, 0) is 6.54 Å². The molecule has 0 spiro atoms. The summed E-state index contributed by atoms with van der Waals surface area (Å²) in [5.74, 6) is -0.141. The monoisotopic (exact) mass is 417 g/mol. The van der Waals surface area contributed by atoms with E-state index in [9.17, 15) is 14.9 Å². The average molecular weight is 418 g/mol. The van der Waals surface area contributed by atoms with Crippen molar-refractivity contribution in [2.24, 2.45) is 0 Å². The number of nitro benzene ring substituents is 1. The van der Waals surface area contributed by atoms with Crippen LogP contribution in [0, 0.1) is 10.1 Å². The Balaban J connectivity index is 1.63. The van der Waals surface area contributed by atoms with Gasteiger partial charge in [0.15, 0.2) is 0 Å². The molecule has 136 valence electrons. The van der Waals surface area contributed by atoms with Gasteiger partial charge >= 0.3 is 0 Å². The van der Waals surface area contributed by atoms with Gasteiger partial charge in [0.1, 0.15) is 0 Å². The fraction of sp³-hybridized carbons (Fsp3) is 0.316. The number of nitrogens with zero attached hydrogens (tertiary/aromatic N) is 3. The predicted molar refractivity (Wildman–Crippen MR) is 103 cm³/mol. The van der Waals surface area contributed by atoms with Crippen molar-refractivity contribution in [3.05, 3.63) is 74.2 Å². The Bertz CT molecular complexity index is 812. The molecule has 0 atom stereocenters. The van der Waals surface area contributed by atoms with E-state index < -0.39 is 4.92 Å². The van der Waals surface area contributed by atoms with Gasteiger partial charge in [0, 0.05) is 54.9 Å². The van der Waals surface area contributed by atoms with Crippen LogP contribution < -0.4 is 0 Å². The highest BCUT2D eigenvalue weighted by molar-refractivity contribution is 9.10. The lowest BCUT2D eigenvalue weighted by Gasteiger charge is -2.22. The number of nitro groups is 1. The van der Waals surface area contributed by atoms with Gasteiger partial charge < -0.3 is 4.90 Å². The smallest absolute Gasteiger partial charge is 0.270 e. The van der Waals surface area contributed by atoms with Crippen LogP contribution in [0.15, 0.2) is 53.0 Å². The molecule has 0 aromatic heterocycles. The summed E-state index contributed by atoms with van der Waals surface area (Å²) < 4.78 is 1.06. The number of carbonyl (C=O) groups excluding carboxylic acids is 1. The lowest BCUT2D eigenvalue weighted by atomic mass is 10.1. The molecule has 0 bridgehead atoms. The normalized spacial score (nSPS) is 15.5. The summed E-state index contributed by atoms with van der Waals surface area (Å²) in [6.45, 7) is 3.84. The van der Waals surface area contributed by atoms with Crippen LogP contribution in [0.5, 0.6) is 0 Å². The molecule has 0 unspecified atom stereocenters. The third-order valence-corrected chi connectivity index (χ3v) is 4.97. The van der Waals surface area contributed by atoms with E-state index in [-0.39, 0.29) is 11.6 Å². The van der Waals surface area contributed by atoms with Gasteiger partial charge in [-0.2, -0.15) is 0 Å². The van der Waals surface area contributed by atoms with E-state index in [1.165, 1.54) is 17.7 Å². The van der Waals surface area contributed by atoms with Crippen LogP contribution in [0.1, 0.15) is 22.3 Å². The van der Waals surface area contributed by atoms with E-state index in [0.29, 0.717) is 18.7 Å². The third-order valence-electron chi connectivity index (χ3n) is 4.47. The Kier molecular flexibility index (Phi) is 6.00. The van der Waals surface area contributed by atoms with Gasteiger partial charge in [-0.3, -0.25) is 19.8 Å². The lowest BCUT2D eigenvalue weighted by molar-refractivity contribution is -0.384. The minimum absolute atomic E-state index is 0.0537. The Morgan fingerprint density at radius 3 is 2.65 bits per heavy atom. The molecular formula is C19H20BrN3O3. The number of rotatable bonds is 4. The van der Waals surface area contributed by atoms with Gasteiger partial charge in [-0.25, -0.2) is 0 Å². The zero-order chi connectivity index (χ0) is 18.5. The molecule has 0 saturated carbocycles. The summed E-state index contributed by atoms with van der Waals surface area (Å²) in [5, 5.41) is 10.9. The molecule has 1 heterocycles. The quantitative estimate of drug-likeness (QED) is 0.561. The highest BCUT2D eigenvalue weighted by Gasteiger charge is 2.21. The van der Waals surface area contributed by atoms with Crippen LogP contribution in [0.25, 0.3) is 0 Å². The van der Waals surface area contributed by atoms with Crippen LogP contribution in [0.2, 0.25) is 0 Å². The summed E-state index contributed by atoms with van der Waals surface area (Å²) in [5.41, 5.74) is 1.56. The van der Waals surface area contributed by atoms with Crippen molar-refractivity contribution in [3.63, 3.8) is 0 Å². The Morgan fingerprint density at radius 2 is 1.88 bits per heavy atom. The van der Waals surface area contributed by atoms with E-state index >= 15 is 0 Å². The molecule has 2 aromatic rings. The molecule has 1 fully saturated rings. The van der Waals surface area contributed by atoms with Gasteiger partial charge in [-0.15, -0.1) is 0 Å². The SMILES string of the molecule is O=C(c1cccc([N+](=O)[O-])c1)N1CCCN(Cc2cccc(Br)c2)CC1. The second-order valence-corrected chi connectivity index (χ2v) is 7.27. The van der Waals surface area contributed by atoms with Crippen molar-refractivity contribution >= 4 is 27.5 Å². The van der Waals surface area contributed by atoms with Gasteiger partial charge in [-0.1, -0.05) is 34.1 Å². The number of hydrogen-bond acceptors (Lipinski definition) is 4. The van der Waals surface area contributed by atoms with Crippen LogP contribution in [-0.4, -0.2) is 46.8 Å². The number of non-ortho nitro benzene ring substituents is 1. The number of amides is 1. The molecular weight excluding hydrogens is 398 g/mol. The number of halogens is 1. The summed E-state index contributed by atoms with van der Waals surface area (Å²) in [6, 6.07) is 14.2. The first kappa shape index (κ1) is 18.5. The zero-order valence-electron chi connectivity index (χ0n) is 14.3. The van der Waals surface area contributed by atoms with Gasteiger partial charge in [0.25, 0.3) is 11.6 Å². The van der Waals surface area contributed by atoms with E-state index in [0.717, 1.165) is 30.5 Å². The molecule has 0 radical (unpaired) electrons. The molecule has 1 saturated heterocycles. The second kappa shape index (κ2) is 8.42. The molecule has 7 heteroatoms. The van der Waals surface area contributed by atoms with Gasteiger partial charge in [0.05, 0.1) is 4.92 Å². The Morgan fingerprint density at radius 1 is 1.08 bits per heavy atom. The summed E-state index contributed by atoms with van der Waals surface area (Å²) in [6.07, 6.45) is 0.884. The highest BCUT2D eigenvalue weighted by Crippen LogP contribution is 2.17. The topological polar surface area (TPSA) is 66.7 Å². The molecule has 3 rings (SSSR count). The molecule has 1 aliphatic rings. The Hall–Kier alpha value is -2.25. The van der Waals surface area contributed by atoms with Gasteiger partial charge in [-0.05, 0) is 30.2 Å². The summed E-state index contributed by atoms with van der Waals surface area (Å²) >= 11 is 3.49. The first-order chi connectivity index (χ1) is 12.5. The number of hydrogen-bond donors (Lipinski definition) is 0. The summed E-state index contributed by atoms with van der Waals surface area (Å²) in [4.78, 5) is 27.3. The first-order valence-corrected chi connectivity index (χ1v) is 9.33. The molecule has 6 nitrogen and oxygen atoms in total. The predicted octanol–water partition coefficient (Wildman–Crippen LogP) is 3.71. The van der Waals surface area contributed by atoms with Crippen molar-refractivity contribution in [1.82, 2.24) is 9.80 Å². The van der Waals surface area contributed by atoms with Gasteiger partial charge in [0.2, 0.25) is 0 Å². The van der Waals surface area contributed by atoms with Crippen molar-refractivity contribution in [2.75, 3.05) is 26.2 Å². The van der Waals surface area contributed by atoms with E-state index in [1.807, 2.05) is 12.1 Å². The molecule has 0 N–H and O–H groups in total. The zero-order valence-corrected chi connectivity index (χ0v) is 15.9. The molecule has 1 amide bonds. The second-order valence-electron chi connectivity index (χ2n) is 6.36. The molecule has 1 aliphatic heterocycles. The number of carbonyl (C=O) groups is 1. The lowest BCUT2D eigenvalue weighted by Crippen LogP contribution is -2.35. The minimum Gasteiger partial charge on any atom is -0.337 e. The maximum atomic E-state index is 12.7. The maximum absolute atomic E-state index is 12.7. The van der Waals surface area contributed by atoms with Crippen LogP contribution in [0.4, 0.5) is 5.69 Å². The van der Waals surface area contributed by atoms with E-state index in [4.69, 9.17) is 0 Å². The minimum atomic E-state index is -0.473. The summed E-state index contributed by atoms with van der Waals surface area (Å²) in [7, 11) is 0. The average Bonchev–Trinajstić information content (AvgIpc) is 2.87. The van der Waals surface area contributed by atoms with E-state index in [1.54, 1.807) is 17.0 Å². The van der Waals surface area contributed by atoms with Crippen molar-refractivity contribution in [2.45, 2.75) is 13.0 Å². The Labute approximate surface area is 160 Å². The van der Waals surface area contributed by atoms with Crippen molar-refractivity contribution in [3.8, 4) is 0 Å². The fourth-order valence-electron chi connectivity index (χ4n) is 3.16. The van der Waals surface area contributed by atoms with Crippen LogP contribution >= 0.6 is 15.9 Å². The molecule has 2 aromatic carbocycles. The van der Waals surface area contributed by atoms with Crippen molar-refractivity contribution < 1.29 is 9.72 Å². The van der Waals surface area contributed by atoms with E-state index in [2.05, 4.69) is 33.0 Å². The largest absolute Gasteiger partial charge is 0.337 e. The maximum Gasteiger partial charge on any atom is 0.270 e. The highest BCUT2D eigenvalue weighted by atomic mass is 79.9.